The van der Waals surface area contributed by atoms with Crippen molar-refractivity contribution in [1.29, 1.82) is 0 Å². The monoisotopic (exact) mass is 446 g/mol. The first-order valence-electron chi connectivity index (χ1n) is 10.3. The van der Waals surface area contributed by atoms with Gasteiger partial charge < -0.3 is 16.2 Å². The van der Waals surface area contributed by atoms with Crippen molar-refractivity contribution < 1.29 is 22.8 Å². The number of nitrogens with one attached hydrogen (secondary N) is 1. The van der Waals surface area contributed by atoms with Crippen LogP contribution in [-0.4, -0.2) is 25.4 Å². The average molecular weight is 447 g/mol. The minimum atomic E-state index is -2.68. The Morgan fingerprint density at radius 3 is 2.84 bits per heavy atom. The highest BCUT2D eigenvalue weighted by molar-refractivity contribution is 6.29. The number of imidazole rings is 1. The Hall–Kier alpha value is -3.56. The van der Waals surface area contributed by atoms with E-state index in [1.165, 1.54) is 24.3 Å². The molecule has 0 radical (unpaired) electrons. The summed E-state index contributed by atoms with van der Waals surface area (Å²) in [7, 11) is 0. The fourth-order valence-corrected chi connectivity index (χ4v) is 3.33. The first kappa shape index (κ1) is 17.2. The van der Waals surface area contributed by atoms with E-state index in [2.05, 4.69) is 15.3 Å². The van der Waals surface area contributed by atoms with Gasteiger partial charge in [-0.15, -0.1) is 0 Å². The number of hydrogen-bond donors (Lipinski definition) is 3. The summed E-state index contributed by atoms with van der Waals surface area (Å²) in [6.07, 6.45) is -0.533. The fraction of sp³-hybridized carbons (Fsp3) is 0.0952. The Kier molecular flexibility index (Phi) is 4.39. The Morgan fingerprint density at radius 2 is 2.13 bits per heavy atom. The van der Waals surface area contributed by atoms with E-state index >= 15 is 4.39 Å². The number of carbonyl (C=O) groups excluding carboxylic acids is 1. The van der Waals surface area contributed by atoms with Gasteiger partial charge in [0.2, 0.25) is 0 Å². The summed E-state index contributed by atoms with van der Waals surface area (Å²) in [5, 5.41) is 12.4. The molecule has 0 bridgehead atoms. The lowest BCUT2D eigenvalue weighted by atomic mass is 10.1. The molecule has 4 N–H and O–H groups in total. The van der Waals surface area contributed by atoms with E-state index in [9.17, 15) is 14.3 Å². The van der Waals surface area contributed by atoms with Crippen LogP contribution >= 0.6 is 11.6 Å². The lowest BCUT2D eigenvalue weighted by Crippen LogP contribution is -2.21. The van der Waals surface area contributed by atoms with Crippen molar-refractivity contribution in [3.8, 4) is 11.3 Å². The molecule has 1 amide bonds. The largest absolute Gasteiger partial charge is 0.382 e. The van der Waals surface area contributed by atoms with Crippen LogP contribution in [0.5, 0.6) is 0 Å². The Balaban J connectivity index is 1.71. The number of benzene rings is 2. The molecule has 10 heteroatoms. The van der Waals surface area contributed by atoms with Gasteiger partial charge in [-0.2, -0.15) is 0 Å². The lowest BCUT2D eigenvalue weighted by Gasteiger charge is -2.12. The zero-order valence-electron chi connectivity index (χ0n) is 18.6. The third-order valence-electron chi connectivity index (χ3n) is 4.55. The number of aryl methyl sites for hydroxylation is 1. The number of aliphatic hydroxyl groups is 1. The lowest BCUT2D eigenvalue weighted by molar-refractivity contribution is -0.124. The second-order valence-electron chi connectivity index (χ2n) is 6.58. The van der Waals surface area contributed by atoms with E-state index in [4.69, 9.17) is 21.4 Å². The van der Waals surface area contributed by atoms with E-state index in [1.807, 2.05) is 0 Å². The van der Waals surface area contributed by atoms with E-state index < -0.39 is 36.3 Å². The fourth-order valence-electron chi connectivity index (χ4n) is 3.12. The predicted molar refractivity (Wildman–Crippen MR) is 113 cm³/mol. The molecule has 31 heavy (non-hydrogen) atoms. The summed E-state index contributed by atoms with van der Waals surface area (Å²) in [4.78, 5) is 20.3. The maximum atomic E-state index is 15.1. The normalized spacial score (nSPS) is 14.0. The molecular weight excluding hydrogens is 428 g/mol. The van der Waals surface area contributed by atoms with Crippen LogP contribution < -0.4 is 11.1 Å². The maximum Gasteiger partial charge on any atom is 0.257 e. The van der Waals surface area contributed by atoms with Crippen molar-refractivity contribution in [3.05, 3.63) is 76.8 Å². The SMILES string of the molecule is [2H]C([2H])([2H])c1nc(-c2ccc(NC(=O)[C@@H](O)c3cccc(F)c3)cc2F)c2c(N)ncc(Cl)n12. The number of amides is 1. The van der Waals surface area contributed by atoms with Gasteiger partial charge in [-0.3, -0.25) is 9.20 Å². The van der Waals surface area contributed by atoms with Crippen molar-refractivity contribution in [2.45, 2.75) is 13.0 Å². The number of aliphatic hydroxyl groups excluding tert-OH is 1. The van der Waals surface area contributed by atoms with E-state index in [-0.39, 0.29) is 39.0 Å². The number of halogens is 3. The topological polar surface area (TPSA) is 106 Å². The van der Waals surface area contributed by atoms with Crippen LogP contribution in [0, 0.1) is 18.5 Å². The highest BCUT2D eigenvalue weighted by Gasteiger charge is 2.21. The van der Waals surface area contributed by atoms with Crippen molar-refractivity contribution >= 4 is 34.5 Å². The number of aromatic nitrogens is 3. The van der Waals surface area contributed by atoms with Gasteiger partial charge in [0.25, 0.3) is 5.91 Å². The summed E-state index contributed by atoms with van der Waals surface area (Å²) < 4.78 is 52.7. The number of anilines is 2. The molecule has 4 rings (SSSR count). The number of fused-ring (bicyclic) bond motifs is 1. The van der Waals surface area contributed by atoms with E-state index in [1.54, 1.807) is 0 Å². The predicted octanol–water partition coefficient (Wildman–Crippen LogP) is 3.89. The highest BCUT2D eigenvalue weighted by Crippen LogP contribution is 2.33. The first-order valence-corrected chi connectivity index (χ1v) is 9.22. The molecule has 0 spiro atoms. The number of nitrogens with two attached hydrogens (primary N) is 1. The Bertz CT molecular complexity index is 1430. The van der Waals surface area contributed by atoms with Crippen molar-refractivity contribution in [3.63, 3.8) is 0 Å². The zero-order chi connectivity index (χ0) is 24.8. The summed E-state index contributed by atoms with van der Waals surface area (Å²) in [6.45, 7) is -2.68. The Labute approximate surface area is 184 Å². The van der Waals surface area contributed by atoms with Gasteiger partial charge in [-0.05, 0) is 42.7 Å². The minimum Gasteiger partial charge on any atom is -0.382 e. The molecule has 0 aliphatic rings. The summed E-state index contributed by atoms with van der Waals surface area (Å²) in [5.41, 5.74) is 5.72. The van der Waals surface area contributed by atoms with Crippen molar-refractivity contribution in [2.24, 2.45) is 0 Å². The number of carbonyl (C=O) groups is 1. The van der Waals surface area contributed by atoms with Crippen LogP contribution in [0.3, 0.4) is 0 Å². The summed E-state index contributed by atoms with van der Waals surface area (Å²) in [6, 6.07) is 8.41. The molecule has 0 saturated carbocycles. The third-order valence-corrected chi connectivity index (χ3v) is 4.81. The molecular formula is C21H16ClF2N5O2. The molecule has 4 aromatic rings. The van der Waals surface area contributed by atoms with Gasteiger partial charge in [0.1, 0.15) is 39.6 Å². The molecule has 0 aliphatic heterocycles. The smallest absolute Gasteiger partial charge is 0.257 e. The van der Waals surface area contributed by atoms with Crippen LogP contribution in [0.15, 0.2) is 48.7 Å². The number of hydrogen-bond acceptors (Lipinski definition) is 5. The summed E-state index contributed by atoms with van der Waals surface area (Å²) >= 11 is 6.12. The molecule has 1 atom stereocenters. The summed E-state index contributed by atoms with van der Waals surface area (Å²) in [5.74, 6) is -2.94. The van der Waals surface area contributed by atoms with Gasteiger partial charge in [0.05, 0.1) is 6.20 Å². The molecule has 0 aliphatic carbocycles. The van der Waals surface area contributed by atoms with Crippen LogP contribution in [-0.2, 0) is 4.79 Å². The standard InChI is InChI=1S/C21H16ClF2N5O2/c1-10-27-17(18-20(25)26-9-16(22)29(10)18)14-6-5-13(8-15(14)24)28-21(31)19(30)11-3-2-4-12(23)7-11/h2-9,19,30H,1H3,(H2,25,26)(H,28,31)/t19-/m0/s1/i1D3. The molecule has 0 fully saturated rings. The quantitative estimate of drug-likeness (QED) is 0.441. The molecule has 0 unspecified atom stereocenters. The van der Waals surface area contributed by atoms with Gasteiger partial charge in [-0.1, -0.05) is 23.7 Å². The van der Waals surface area contributed by atoms with Crippen LogP contribution in [0.4, 0.5) is 20.3 Å². The zero-order valence-corrected chi connectivity index (χ0v) is 16.4. The molecule has 2 heterocycles. The molecule has 7 nitrogen and oxygen atoms in total. The minimum absolute atomic E-state index is 0.00890. The maximum absolute atomic E-state index is 15.1. The second kappa shape index (κ2) is 7.93. The van der Waals surface area contributed by atoms with Gasteiger partial charge in [-0.25, -0.2) is 18.7 Å². The highest BCUT2D eigenvalue weighted by atomic mass is 35.5. The van der Waals surface area contributed by atoms with E-state index in [0.717, 1.165) is 28.8 Å². The number of rotatable bonds is 4. The van der Waals surface area contributed by atoms with Crippen LogP contribution in [0.2, 0.25) is 5.15 Å². The second-order valence-corrected chi connectivity index (χ2v) is 6.96. The van der Waals surface area contributed by atoms with Gasteiger partial charge in [0, 0.05) is 15.4 Å². The van der Waals surface area contributed by atoms with E-state index in [0.29, 0.717) is 0 Å². The first-order chi connectivity index (χ1) is 16.0. The van der Waals surface area contributed by atoms with Crippen molar-refractivity contribution in [2.75, 3.05) is 11.1 Å². The van der Waals surface area contributed by atoms with Crippen LogP contribution in [0.25, 0.3) is 16.8 Å². The molecule has 2 aromatic carbocycles. The van der Waals surface area contributed by atoms with Gasteiger partial charge >= 0.3 is 0 Å². The average Bonchev–Trinajstić information content (AvgIpc) is 3.18. The molecule has 158 valence electrons. The number of nitrogens with zero attached hydrogens (tertiary/aromatic N) is 3. The van der Waals surface area contributed by atoms with Gasteiger partial charge in [0.15, 0.2) is 6.10 Å². The third kappa shape index (κ3) is 3.80. The van der Waals surface area contributed by atoms with Crippen molar-refractivity contribution in [1.82, 2.24) is 14.4 Å². The Morgan fingerprint density at radius 1 is 1.32 bits per heavy atom. The molecule has 0 saturated heterocycles. The van der Waals surface area contributed by atoms with Crippen LogP contribution in [0.1, 0.15) is 21.6 Å². The number of nitrogen functional groups attached to an aromatic ring is 1. The molecule has 2 aromatic heterocycles.